The number of rotatable bonds is 7. The summed E-state index contributed by atoms with van der Waals surface area (Å²) in [7, 11) is 0. The average Bonchev–Trinajstić information content (AvgIpc) is 3.38. The Kier molecular flexibility index (Phi) is 5.84. The minimum Gasteiger partial charge on any atom is -0.486 e. The van der Waals surface area contributed by atoms with Crippen LogP contribution in [0.3, 0.4) is 0 Å². The van der Waals surface area contributed by atoms with E-state index in [0.29, 0.717) is 18.7 Å². The molecule has 0 radical (unpaired) electrons. The van der Waals surface area contributed by atoms with Crippen molar-refractivity contribution in [2.24, 2.45) is 0 Å². The number of aromatic nitrogens is 2. The van der Waals surface area contributed by atoms with Gasteiger partial charge in [-0.15, -0.1) is 0 Å². The first kappa shape index (κ1) is 21.8. The summed E-state index contributed by atoms with van der Waals surface area (Å²) in [6.07, 6.45) is 1.74. The number of carbonyl (C=O) groups is 2. The lowest BCUT2D eigenvalue weighted by Gasteiger charge is -2.27. The number of fused-ring (bicyclic) bond motifs is 2. The van der Waals surface area contributed by atoms with E-state index in [-0.39, 0.29) is 24.9 Å². The molecule has 4 aromatic rings. The van der Waals surface area contributed by atoms with Gasteiger partial charge in [0.25, 0.3) is 0 Å². The molecule has 0 amide bonds. The molecule has 1 aliphatic rings. The number of ether oxygens (including phenoxy) is 3. The first-order valence-corrected chi connectivity index (χ1v) is 11.3. The van der Waals surface area contributed by atoms with Gasteiger partial charge in [0, 0.05) is 34.1 Å². The normalized spacial score (nSPS) is 14.8. The maximum absolute atomic E-state index is 12.9. The molecule has 0 saturated heterocycles. The van der Waals surface area contributed by atoms with Crippen molar-refractivity contribution in [3.8, 4) is 11.5 Å². The lowest BCUT2D eigenvalue weighted by atomic mass is 10.1. The van der Waals surface area contributed by atoms with Crippen molar-refractivity contribution in [1.82, 2.24) is 9.55 Å². The molecule has 5 rings (SSSR count). The highest BCUT2D eigenvalue weighted by molar-refractivity contribution is 5.99. The predicted molar refractivity (Wildman–Crippen MR) is 128 cm³/mol. The standard InChI is InChI=1S/C27H26N2O5/c1-17-11-22(18(2)29(17)14-20-15-32-25-9-5-6-10-26(25)34-20)24(30)16-33-27(31)12-19-13-28-23-8-4-3-7-21(19)23/h3-11,13,20,28H,12,14-16H2,1-2H3/t20-/m0/s1. The number of ketones is 1. The topological polar surface area (TPSA) is 82.6 Å². The van der Waals surface area contributed by atoms with Gasteiger partial charge in [-0.25, -0.2) is 0 Å². The van der Waals surface area contributed by atoms with E-state index in [2.05, 4.69) is 4.98 Å². The fourth-order valence-electron chi connectivity index (χ4n) is 4.43. The zero-order valence-corrected chi connectivity index (χ0v) is 19.2. The van der Waals surface area contributed by atoms with E-state index in [0.717, 1.165) is 39.4 Å². The first-order chi connectivity index (χ1) is 16.5. The molecule has 0 bridgehead atoms. The van der Waals surface area contributed by atoms with Crippen LogP contribution in [0.25, 0.3) is 10.9 Å². The van der Waals surface area contributed by atoms with E-state index >= 15 is 0 Å². The first-order valence-electron chi connectivity index (χ1n) is 11.3. The second-order valence-corrected chi connectivity index (χ2v) is 8.51. The molecule has 0 unspecified atom stereocenters. The van der Waals surface area contributed by atoms with E-state index in [9.17, 15) is 9.59 Å². The van der Waals surface area contributed by atoms with E-state index in [1.165, 1.54) is 0 Å². The Morgan fingerprint density at radius 2 is 1.85 bits per heavy atom. The molecule has 1 N–H and O–H groups in total. The molecule has 0 aliphatic carbocycles. The summed E-state index contributed by atoms with van der Waals surface area (Å²) < 4.78 is 19.2. The van der Waals surface area contributed by atoms with Gasteiger partial charge in [0.2, 0.25) is 5.78 Å². The van der Waals surface area contributed by atoms with Gasteiger partial charge in [-0.05, 0) is 43.7 Å². The van der Waals surface area contributed by atoms with Gasteiger partial charge in [0.15, 0.2) is 24.2 Å². The number of aryl methyl sites for hydroxylation is 1. The molecular weight excluding hydrogens is 432 g/mol. The fourth-order valence-corrected chi connectivity index (χ4v) is 4.43. The van der Waals surface area contributed by atoms with Gasteiger partial charge in [0.1, 0.15) is 6.61 Å². The Balaban J connectivity index is 1.21. The zero-order valence-electron chi connectivity index (χ0n) is 19.2. The number of esters is 1. The van der Waals surface area contributed by atoms with Crippen LogP contribution in [0.5, 0.6) is 11.5 Å². The van der Waals surface area contributed by atoms with Crippen LogP contribution in [0.1, 0.15) is 27.3 Å². The molecule has 3 heterocycles. The van der Waals surface area contributed by atoms with Crippen LogP contribution in [-0.4, -0.2) is 40.6 Å². The predicted octanol–water partition coefficient (Wildman–Crippen LogP) is 4.39. The van der Waals surface area contributed by atoms with Crippen LogP contribution >= 0.6 is 0 Å². The van der Waals surface area contributed by atoms with Gasteiger partial charge in [-0.3, -0.25) is 9.59 Å². The Morgan fingerprint density at radius 3 is 2.71 bits per heavy atom. The molecule has 2 aromatic carbocycles. The quantitative estimate of drug-likeness (QED) is 0.328. The van der Waals surface area contributed by atoms with Crippen molar-refractivity contribution in [1.29, 1.82) is 0 Å². The minimum absolute atomic E-state index is 0.108. The van der Waals surface area contributed by atoms with Gasteiger partial charge in [0.05, 0.1) is 13.0 Å². The maximum Gasteiger partial charge on any atom is 0.310 e. The van der Waals surface area contributed by atoms with Gasteiger partial charge < -0.3 is 23.8 Å². The molecule has 174 valence electrons. The summed E-state index contributed by atoms with van der Waals surface area (Å²) in [5.74, 6) is 0.806. The zero-order chi connectivity index (χ0) is 23.7. The third-order valence-electron chi connectivity index (χ3n) is 6.20. The number of nitrogens with zero attached hydrogens (tertiary/aromatic N) is 1. The molecule has 0 fully saturated rings. The van der Waals surface area contributed by atoms with Crippen molar-refractivity contribution < 1.29 is 23.8 Å². The van der Waals surface area contributed by atoms with Crippen LogP contribution in [0, 0.1) is 13.8 Å². The number of para-hydroxylation sites is 3. The minimum atomic E-state index is -0.432. The molecule has 7 nitrogen and oxygen atoms in total. The summed E-state index contributed by atoms with van der Waals surface area (Å²) in [6.45, 7) is 4.54. The Labute approximate surface area is 197 Å². The third kappa shape index (κ3) is 4.29. The number of carbonyl (C=O) groups excluding carboxylic acids is 2. The van der Waals surface area contributed by atoms with Crippen molar-refractivity contribution >= 4 is 22.7 Å². The van der Waals surface area contributed by atoms with E-state index in [4.69, 9.17) is 14.2 Å². The number of Topliss-reactive ketones (excluding diaryl/α,β-unsaturated/α-hetero) is 1. The number of nitrogens with one attached hydrogen (secondary N) is 1. The second-order valence-electron chi connectivity index (χ2n) is 8.51. The highest BCUT2D eigenvalue weighted by atomic mass is 16.6. The van der Waals surface area contributed by atoms with Gasteiger partial charge in [-0.2, -0.15) is 0 Å². The van der Waals surface area contributed by atoms with E-state index in [1.807, 2.05) is 73.0 Å². The number of hydrogen-bond acceptors (Lipinski definition) is 5. The van der Waals surface area contributed by atoms with Crippen molar-refractivity contribution in [3.63, 3.8) is 0 Å². The summed E-state index contributed by atoms with van der Waals surface area (Å²) in [6, 6.07) is 17.2. The van der Waals surface area contributed by atoms with Crippen LogP contribution in [-0.2, 0) is 22.5 Å². The van der Waals surface area contributed by atoms with Crippen molar-refractivity contribution in [3.05, 3.63) is 83.3 Å². The molecule has 1 aliphatic heterocycles. The lowest BCUT2D eigenvalue weighted by Crippen LogP contribution is -2.33. The number of H-pyrrole nitrogens is 1. The van der Waals surface area contributed by atoms with Gasteiger partial charge in [-0.1, -0.05) is 30.3 Å². The third-order valence-corrected chi connectivity index (χ3v) is 6.20. The molecule has 7 heteroatoms. The molecule has 2 aromatic heterocycles. The average molecular weight is 459 g/mol. The molecule has 0 spiro atoms. The number of benzene rings is 2. The Bertz CT molecular complexity index is 1370. The van der Waals surface area contributed by atoms with Gasteiger partial charge >= 0.3 is 5.97 Å². The van der Waals surface area contributed by atoms with Crippen LogP contribution < -0.4 is 9.47 Å². The highest BCUT2D eigenvalue weighted by Crippen LogP contribution is 2.31. The summed E-state index contributed by atoms with van der Waals surface area (Å²) in [5.41, 5.74) is 4.12. The summed E-state index contributed by atoms with van der Waals surface area (Å²) >= 11 is 0. The monoisotopic (exact) mass is 458 g/mol. The highest BCUT2D eigenvalue weighted by Gasteiger charge is 2.24. The fraction of sp³-hybridized carbons (Fsp3) is 0.259. The van der Waals surface area contributed by atoms with E-state index < -0.39 is 5.97 Å². The largest absolute Gasteiger partial charge is 0.486 e. The van der Waals surface area contributed by atoms with Crippen molar-refractivity contribution in [2.75, 3.05) is 13.2 Å². The number of aromatic amines is 1. The van der Waals surface area contributed by atoms with Crippen LogP contribution in [0.15, 0.2) is 60.8 Å². The molecule has 0 saturated carbocycles. The molecule has 34 heavy (non-hydrogen) atoms. The maximum atomic E-state index is 12.9. The van der Waals surface area contributed by atoms with E-state index in [1.54, 1.807) is 6.20 Å². The van der Waals surface area contributed by atoms with Crippen LogP contribution in [0.4, 0.5) is 0 Å². The summed E-state index contributed by atoms with van der Waals surface area (Å²) in [4.78, 5) is 28.4. The molecule has 1 atom stereocenters. The Hall–Kier alpha value is -4.00. The second kappa shape index (κ2) is 9.09. The van der Waals surface area contributed by atoms with Crippen LogP contribution in [0.2, 0.25) is 0 Å². The number of hydrogen-bond donors (Lipinski definition) is 1. The summed E-state index contributed by atoms with van der Waals surface area (Å²) in [5, 5.41) is 0.978. The Morgan fingerprint density at radius 1 is 1.09 bits per heavy atom. The van der Waals surface area contributed by atoms with Crippen molar-refractivity contribution in [2.45, 2.75) is 32.9 Å². The lowest BCUT2D eigenvalue weighted by molar-refractivity contribution is -0.141. The SMILES string of the molecule is Cc1cc(C(=O)COC(=O)Cc2c[nH]c3ccccc23)c(C)n1C[C@H]1COc2ccccc2O1. The molecular formula is C27H26N2O5. The smallest absolute Gasteiger partial charge is 0.310 e.